The SMILES string of the molecule is O=S1(=O)OC2=CCC1(CC(I)I)C=C2. The van der Waals surface area contributed by atoms with E-state index in [0.717, 1.165) is 0 Å². The Morgan fingerprint density at radius 3 is 2.71 bits per heavy atom. The molecule has 0 saturated carbocycles. The molecule has 78 valence electrons. The largest absolute Gasteiger partial charge is 0.382 e. The Balaban J connectivity index is 2.43. The summed E-state index contributed by atoms with van der Waals surface area (Å²) in [6, 6.07) is 0. The van der Waals surface area contributed by atoms with Crippen LogP contribution in [0.4, 0.5) is 0 Å². The van der Waals surface area contributed by atoms with Gasteiger partial charge in [0.2, 0.25) is 0 Å². The number of fused-ring (bicyclic) bond motifs is 2. The van der Waals surface area contributed by atoms with Crippen molar-refractivity contribution in [2.75, 3.05) is 0 Å². The van der Waals surface area contributed by atoms with Crippen molar-refractivity contribution in [3.05, 3.63) is 24.0 Å². The minimum Gasteiger partial charge on any atom is -0.382 e. The highest BCUT2D eigenvalue weighted by molar-refractivity contribution is 14.2. The third-order valence-corrected chi connectivity index (χ3v) is 5.16. The Morgan fingerprint density at radius 2 is 2.29 bits per heavy atom. The van der Waals surface area contributed by atoms with Crippen molar-refractivity contribution < 1.29 is 12.6 Å². The first-order chi connectivity index (χ1) is 6.45. The number of hydrogen-bond acceptors (Lipinski definition) is 3. The van der Waals surface area contributed by atoms with Gasteiger partial charge in [-0.05, 0) is 25.0 Å². The molecule has 3 aliphatic rings. The Kier molecular flexibility index (Phi) is 2.89. The molecule has 0 aromatic heterocycles. The Labute approximate surface area is 110 Å². The number of hydrogen-bond donors (Lipinski definition) is 0. The molecule has 0 aromatic rings. The molecule has 2 bridgehead atoms. The molecule has 0 spiro atoms. The molecule has 0 N–H and O–H groups in total. The van der Waals surface area contributed by atoms with E-state index in [4.69, 9.17) is 4.18 Å². The lowest BCUT2D eigenvalue weighted by molar-refractivity contribution is 0.362. The molecule has 0 aromatic carbocycles. The van der Waals surface area contributed by atoms with Gasteiger partial charge in [-0.25, -0.2) is 0 Å². The fourth-order valence-electron chi connectivity index (χ4n) is 1.61. The second kappa shape index (κ2) is 3.62. The zero-order valence-corrected chi connectivity index (χ0v) is 12.2. The van der Waals surface area contributed by atoms with Crippen LogP contribution in [0.25, 0.3) is 0 Å². The molecule has 14 heavy (non-hydrogen) atoms. The van der Waals surface area contributed by atoms with E-state index in [9.17, 15) is 8.42 Å². The van der Waals surface area contributed by atoms with Gasteiger partial charge in [0.1, 0.15) is 10.5 Å². The van der Waals surface area contributed by atoms with Crippen molar-refractivity contribution in [2.45, 2.75) is 19.5 Å². The van der Waals surface area contributed by atoms with Crippen LogP contribution in [0, 0.1) is 0 Å². The number of alkyl halides is 2. The number of allylic oxidation sites excluding steroid dienone is 2. The van der Waals surface area contributed by atoms with Crippen LogP contribution in [0.5, 0.6) is 0 Å². The van der Waals surface area contributed by atoms with Gasteiger partial charge in [0.25, 0.3) is 0 Å². The fourth-order valence-corrected chi connectivity index (χ4v) is 5.22. The quantitative estimate of drug-likeness (QED) is 0.379. The van der Waals surface area contributed by atoms with E-state index < -0.39 is 14.9 Å². The molecular formula is C8H8I2O3S. The maximum Gasteiger partial charge on any atom is 0.319 e. The van der Waals surface area contributed by atoms with Gasteiger partial charge in [0.05, 0.1) is 1.93 Å². The van der Waals surface area contributed by atoms with Gasteiger partial charge in [-0.3, -0.25) is 0 Å². The molecule has 0 saturated heterocycles. The van der Waals surface area contributed by atoms with Gasteiger partial charge in [-0.2, -0.15) is 8.42 Å². The predicted octanol–water partition coefficient (Wildman–Crippen LogP) is 2.52. The zero-order valence-electron chi connectivity index (χ0n) is 7.11. The molecule has 0 fully saturated rings. The second-order valence-corrected chi connectivity index (χ2v) is 10.6. The van der Waals surface area contributed by atoms with E-state index in [1.165, 1.54) is 0 Å². The molecular weight excluding hydrogens is 430 g/mol. The van der Waals surface area contributed by atoms with Gasteiger partial charge in [0, 0.05) is 0 Å². The first-order valence-corrected chi connectivity index (χ1v) is 7.97. The van der Waals surface area contributed by atoms with Gasteiger partial charge < -0.3 is 4.18 Å². The van der Waals surface area contributed by atoms with Crippen molar-refractivity contribution in [3.8, 4) is 0 Å². The molecule has 0 radical (unpaired) electrons. The van der Waals surface area contributed by atoms with E-state index in [1.807, 2.05) is 6.08 Å². The summed E-state index contributed by atoms with van der Waals surface area (Å²) >= 11 is 4.45. The van der Waals surface area contributed by atoms with Gasteiger partial charge in [0.15, 0.2) is 0 Å². The van der Waals surface area contributed by atoms with Crippen molar-refractivity contribution in [1.82, 2.24) is 0 Å². The molecule has 1 unspecified atom stereocenters. The molecule has 3 rings (SSSR count). The van der Waals surface area contributed by atoms with Crippen LogP contribution in [-0.2, 0) is 14.3 Å². The number of rotatable bonds is 2. The molecule has 6 heteroatoms. The second-order valence-electron chi connectivity index (χ2n) is 3.34. The summed E-state index contributed by atoms with van der Waals surface area (Å²) in [5.41, 5.74) is 0. The van der Waals surface area contributed by atoms with Crippen molar-refractivity contribution in [1.29, 1.82) is 0 Å². The summed E-state index contributed by atoms with van der Waals surface area (Å²) in [5.74, 6) is 0.463. The smallest absolute Gasteiger partial charge is 0.319 e. The predicted molar refractivity (Wildman–Crippen MR) is 71.0 cm³/mol. The third-order valence-electron chi connectivity index (χ3n) is 2.40. The maximum atomic E-state index is 11.8. The minimum absolute atomic E-state index is 0.279. The Hall–Kier alpha value is 0.690. The first kappa shape index (κ1) is 11.2. The zero-order chi connectivity index (χ0) is 10.4. The monoisotopic (exact) mass is 438 g/mol. The standard InChI is InChI=1S/C8H8I2O3S/c9-7(10)5-8-3-1-6(2-4-8)13-14(8,11)12/h1-3,7H,4-5H2. The summed E-state index contributed by atoms with van der Waals surface area (Å²) in [6.07, 6.45) is 6.50. The van der Waals surface area contributed by atoms with Crippen LogP contribution in [0.3, 0.4) is 0 Å². The van der Waals surface area contributed by atoms with Crippen LogP contribution in [-0.4, -0.2) is 15.1 Å². The van der Waals surface area contributed by atoms with Crippen LogP contribution < -0.4 is 0 Å². The highest BCUT2D eigenvalue weighted by Gasteiger charge is 2.48. The Morgan fingerprint density at radius 1 is 1.57 bits per heavy atom. The van der Waals surface area contributed by atoms with Crippen LogP contribution in [0.15, 0.2) is 24.0 Å². The molecule has 1 atom stereocenters. The highest BCUT2D eigenvalue weighted by atomic mass is 127. The third kappa shape index (κ3) is 1.73. The molecule has 0 amide bonds. The first-order valence-electron chi connectivity index (χ1n) is 4.07. The minimum atomic E-state index is -3.45. The summed E-state index contributed by atoms with van der Waals surface area (Å²) in [6.45, 7) is 0. The van der Waals surface area contributed by atoms with E-state index in [2.05, 4.69) is 45.2 Å². The lowest BCUT2D eigenvalue weighted by atomic mass is 9.96. The Bertz CT molecular complexity index is 410. The van der Waals surface area contributed by atoms with E-state index >= 15 is 0 Å². The summed E-state index contributed by atoms with van der Waals surface area (Å²) in [7, 11) is -3.45. The van der Waals surface area contributed by atoms with E-state index in [0.29, 0.717) is 18.6 Å². The number of halogens is 2. The normalized spacial score (nSPS) is 32.9. The summed E-state index contributed by atoms with van der Waals surface area (Å²) < 4.78 is 27.9. The summed E-state index contributed by atoms with van der Waals surface area (Å²) in [4.78, 5) is 0. The van der Waals surface area contributed by atoms with Crippen LogP contribution in [0.2, 0.25) is 0 Å². The lowest BCUT2D eigenvalue weighted by Crippen LogP contribution is -2.43. The van der Waals surface area contributed by atoms with Crippen molar-refractivity contribution >= 4 is 55.3 Å². The molecule has 2 aliphatic heterocycles. The van der Waals surface area contributed by atoms with Crippen molar-refractivity contribution in [2.24, 2.45) is 0 Å². The van der Waals surface area contributed by atoms with Crippen molar-refractivity contribution in [3.63, 3.8) is 0 Å². The van der Waals surface area contributed by atoms with Crippen LogP contribution >= 0.6 is 45.2 Å². The average Bonchev–Trinajstić information content (AvgIpc) is 2.05. The summed E-state index contributed by atoms with van der Waals surface area (Å²) in [5, 5.41) is 0. The average molecular weight is 438 g/mol. The molecule has 3 nitrogen and oxygen atoms in total. The topological polar surface area (TPSA) is 43.4 Å². The fraction of sp³-hybridized carbons (Fsp3) is 0.500. The van der Waals surface area contributed by atoms with Gasteiger partial charge in [-0.15, -0.1) is 0 Å². The van der Waals surface area contributed by atoms with Gasteiger partial charge in [-0.1, -0.05) is 51.3 Å². The lowest BCUT2D eigenvalue weighted by Gasteiger charge is -2.36. The highest BCUT2D eigenvalue weighted by Crippen LogP contribution is 2.43. The molecule has 1 aliphatic carbocycles. The van der Waals surface area contributed by atoms with E-state index in [-0.39, 0.29) is 1.93 Å². The van der Waals surface area contributed by atoms with Gasteiger partial charge >= 0.3 is 10.1 Å². The molecule has 2 heterocycles. The van der Waals surface area contributed by atoms with Crippen LogP contribution in [0.1, 0.15) is 12.8 Å². The van der Waals surface area contributed by atoms with E-state index in [1.54, 1.807) is 12.2 Å². The maximum absolute atomic E-state index is 11.8.